The van der Waals surface area contributed by atoms with E-state index in [9.17, 15) is 9.90 Å². The first-order chi connectivity index (χ1) is 10.4. The number of ether oxygens (including phenoxy) is 1. The van der Waals surface area contributed by atoms with Gasteiger partial charge >= 0.3 is 6.09 Å². The lowest BCUT2D eigenvalue weighted by Crippen LogP contribution is -2.53. The molecule has 0 radical (unpaired) electrons. The van der Waals surface area contributed by atoms with Crippen molar-refractivity contribution in [2.45, 2.75) is 39.0 Å². The molecular weight excluding hydrogens is 280 g/mol. The lowest BCUT2D eigenvalue weighted by Gasteiger charge is -2.39. The number of hydrogen-bond donors (Lipinski definition) is 1. The van der Waals surface area contributed by atoms with Crippen LogP contribution >= 0.6 is 0 Å². The summed E-state index contributed by atoms with van der Waals surface area (Å²) in [5, 5.41) is 9.40. The first-order valence-corrected chi connectivity index (χ1v) is 7.74. The van der Waals surface area contributed by atoms with Crippen molar-refractivity contribution in [3.05, 3.63) is 35.9 Å². The van der Waals surface area contributed by atoms with E-state index in [0.717, 1.165) is 19.6 Å². The van der Waals surface area contributed by atoms with Gasteiger partial charge in [-0.25, -0.2) is 4.79 Å². The fourth-order valence-electron chi connectivity index (χ4n) is 2.72. The van der Waals surface area contributed by atoms with Gasteiger partial charge in [-0.1, -0.05) is 30.3 Å². The number of rotatable bonds is 4. The Bertz CT molecular complexity index is 484. The largest absolute Gasteiger partial charge is 0.465 e. The first kappa shape index (κ1) is 16.8. The number of carbonyl (C=O) groups is 1. The molecule has 0 aliphatic carbocycles. The van der Waals surface area contributed by atoms with E-state index in [1.807, 2.05) is 39.0 Å². The van der Waals surface area contributed by atoms with E-state index in [2.05, 4.69) is 17.0 Å². The molecule has 22 heavy (non-hydrogen) atoms. The predicted octanol–water partition coefficient (Wildman–Crippen LogP) is 2.67. The maximum absolute atomic E-state index is 11.4. The van der Waals surface area contributed by atoms with E-state index in [1.54, 1.807) is 0 Å². The van der Waals surface area contributed by atoms with Crippen molar-refractivity contribution >= 4 is 6.09 Å². The summed E-state index contributed by atoms with van der Waals surface area (Å²) in [6.45, 7) is 9.30. The average Bonchev–Trinajstić information content (AvgIpc) is 2.45. The Kier molecular flexibility index (Phi) is 5.42. The summed E-state index contributed by atoms with van der Waals surface area (Å²) in [4.78, 5) is 15.2. The van der Waals surface area contributed by atoms with E-state index in [-0.39, 0.29) is 6.10 Å². The van der Waals surface area contributed by atoms with Crippen molar-refractivity contribution in [3.63, 3.8) is 0 Å². The summed E-state index contributed by atoms with van der Waals surface area (Å²) in [6.07, 6.45) is -0.968. The Hall–Kier alpha value is -1.59. The van der Waals surface area contributed by atoms with Crippen LogP contribution in [0.3, 0.4) is 0 Å². The molecule has 2 rings (SSSR count). The summed E-state index contributed by atoms with van der Waals surface area (Å²) < 4.78 is 5.78. The number of amides is 1. The molecule has 1 unspecified atom stereocenters. The zero-order chi connectivity index (χ0) is 16.2. The second-order valence-electron chi connectivity index (χ2n) is 6.78. The second-order valence-corrected chi connectivity index (χ2v) is 6.78. The molecule has 1 aromatic rings. The molecule has 5 heteroatoms. The van der Waals surface area contributed by atoms with Gasteiger partial charge in [0, 0.05) is 25.2 Å². The molecule has 1 saturated heterocycles. The van der Waals surface area contributed by atoms with Crippen LogP contribution in [0, 0.1) is 0 Å². The van der Waals surface area contributed by atoms with Crippen LogP contribution in [-0.2, 0) is 11.3 Å². The third-order valence-electron chi connectivity index (χ3n) is 3.90. The van der Waals surface area contributed by atoms with E-state index < -0.39 is 11.6 Å². The van der Waals surface area contributed by atoms with Crippen molar-refractivity contribution in [2.75, 3.05) is 26.2 Å². The van der Waals surface area contributed by atoms with Gasteiger partial charge < -0.3 is 14.7 Å². The molecule has 0 bridgehead atoms. The fraction of sp³-hybridized carbons (Fsp3) is 0.588. The smallest absolute Gasteiger partial charge is 0.407 e. The van der Waals surface area contributed by atoms with Crippen molar-refractivity contribution < 1.29 is 14.6 Å². The van der Waals surface area contributed by atoms with E-state index in [4.69, 9.17) is 4.74 Å². The molecule has 5 nitrogen and oxygen atoms in total. The minimum atomic E-state index is -0.892. The molecule has 1 heterocycles. The maximum atomic E-state index is 11.4. The van der Waals surface area contributed by atoms with Gasteiger partial charge in [-0.3, -0.25) is 4.90 Å². The topological polar surface area (TPSA) is 53.0 Å². The lowest BCUT2D eigenvalue weighted by atomic mass is 10.1. The third kappa shape index (κ3) is 4.71. The van der Waals surface area contributed by atoms with Crippen LogP contribution in [0.15, 0.2) is 30.3 Å². The summed E-state index contributed by atoms with van der Waals surface area (Å²) in [5.74, 6) is 0. The Morgan fingerprint density at radius 3 is 2.64 bits per heavy atom. The van der Waals surface area contributed by atoms with Crippen LogP contribution in [0.25, 0.3) is 0 Å². The van der Waals surface area contributed by atoms with Crippen molar-refractivity contribution in [3.8, 4) is 0 Å². The van der Waals surface area contributed by atoms with Crippen LogP contribution in [0.1, 0.15) is 26.3 Å². The van der Waals surface area contributed by atoms with Gasteiger partial charge in [0.15, 0.2) is 0 Å². The van der Waals surface area contributed by atoms with Gasteiger partial charge in [0.2, 0.25) is 0 Å². The molecule has 1 amide bonds. The van der Waals surface area contributed by atoms with Gasteiger partial charge in [0.1, 0.15) is 0 Å². The minimum Gasteiger partial charge on any atom is -0.465 e. The summed E-state index contributed by atoms with van der Waals surface area (Å²) in [6, 6.07) is 10.3. The monoisotopic (exact) mass is 306 g/mol. The molecule has 1 atom stereocenters. The van der Waals surface area contributed by atoms with Gasteiger partial charge in [0.25, 0.3) is 0 Å². The van der Waals surface area contributed by atoms with Gasteiger partial charge in [-0.15, -0.1) is 0 Å². The highest BCUT2D eigenvalue weighted by molar-refractivity contribution is 5.66. The second kappa shape index (κ2) is 7.11. The Balaban J connectivity index is 1.94. The molecule has 0 spiro atoms. The van der Waals surface area contributed by atoms with Crippen LogP contribution in [-0.4, -0.2) is 58.9 Å². The van der Waals surface area contributed by atoms with E-state index in [1.165, 1.54) is 10.5 Å². The maximum Gasteiger partial charge on any atom is 0.407 e. The summed E-state index contributed by atoms with van der Waals surface area (Å²) in [7, 11) is 0. The van der Waals surface area contributed by atoms with E-state index >= 15 is 0 Å². The van der Waals surface area contributed by atoms with Crippen molar-refractivity contribution in [1.29, 1.82) is 0 Å². The summed E-state index contributed by atoms with van der Waals surface area (Å²) in [5.41, 5.74) is 0.853. The van der Waals surface area contributed by atoms with Crippen LogP contribution in [0.2, 0.25) is 0 Å². The van der Waals surface area contributed by atoms with Crippen LogP contribution in [0.5, 0.6) is 0 Å². The minimum absolute atomic E-state index is 0.0761. The molecule has 1 fully saturated rings. The Labute approximate surface area is 132 Å². The molecule has 1 N–H and O–H groups in total. The highest BCUT2D eigenvalue weighted by Crippen LogP contribution is 2.17. The number of hydrogen-bond acceptors (Lipinski definition) is 3. The number of benzene rings is 1. The molecular formula is C17H26N2O3. The number of morpholine rings is 1. The standard InChI is InChI=1S/C17H26N2O3/c1-17(2,3)19(16(20)21)13-15-12-18(9-10-22-15)11-14-7-5-4-6-8-14/h4-8,15H,9-13H2,1-3H3,(H,20,21). The molecule has 122 valence electrons. The Morgan fingerprint density at radius 1 is 1.36 bits per heavy atom. The lowest BCUT2D eigenvalue weighted by molar-refractivity contribution is -0.0525. The van der Waals surface area contributed by atoms with Crippen molar-refractivity contribution in [1.82, 2.24) is 9.80 Å². The van der Waals surface area contributed by atoms with Gasteiger partial charge in [-0.2, -0.15) is 0 Å². The predicted molar refractivity (Wildman–Crippen MR) is 85.9 cm³/mol. The molecule has 1 aromatic carbocycles. The fourth-order valence-corrected chi connectivity index (χ4v) is 2.72. The number of carboxylic acid groups (broad SMARTS) is 1. The highest BCUT2D eigenvalue weighted by atomic mass is 16.5. The zero-order valence-corrected chi connectivity index (χ0v) is 13.7. The van der Waals surface area contributed by atoms with E-state index in [0.29, 0.717) is 13.2 Å². The summed E-state index contributed by atoms with van der Waals surface area (Å²) >= 11 is 0. The SMILES string of the molecule is CC(C)(C)N(CC1CN(Cc2ccccc2)CCO1)C(=O)O. The molecule has 0 saturated carbocycles. The normalized spacial score (nSPS) is 19.9. The quantitative estimate of drug-likeness (QED) is 0.929. The molecule has 1 aliphatic heterocycles. The molecule has 1 aliphatic rings. The first-order valence-electron chi connectivity index (χ1n) is 7.74. The Morgan fingerprint density at radius 2 is 2.05 bits per heavy atom. The third-order valence-corrected chi connectivity index (χ3v) is 3.90. The van der Waals surface area contributed by atoms with Crippen LogP contribution < -0.4 is 0 Å². The number of nitrogens with zero attached hydrogens (tertiary/aromatic N) is 2. The van der Waals surface area contributed by atoms with Gasteiger partial charge in [0.05, 0.1) is 19.3 Å². The highest BCUT2D eigenvalue weighted by Gasteiger charge is 2.31. The average molecular weight is 306 g/mol. The van der Waals surface area contributed by atoms with Crippen molar-refractivity contribution in [2.24, 2.45) is 0 Å². The van der Waals surface area contributed by atoms with Gasteiger partial charge in [-0.05, 0) is 26.3 Å². The zero-order valence-electron chi connectivity index (χ0n) is 13.7. The molecule has 0 aromatic heterocycles. The van der Waals surface area contributed by atoms with Crippen LogP contribution in [0.4, 0.5) is 4.79 Å².